The van der Waals surface area contributed by atoms with Crippen LogP contribution in [0, 0.1) is 10.1 Å². The van der Waals surface area contributed by atoms with Crippen LogP contribution in [0.25, 0.3) is 0 Å². The van der Waals surface area contributed by atoms with Gasteiger partial charge in [0.15, 0.2) is 0 Å². The molecule has 0 aliphatic heterocycles. The van der Waals surface area contributed by atoms with E-state index in [-0.39, 0.29) is 11.3 Å². The lowest BCUT2D eigenvalue weighted by Gasteiger charge is -2.19. The number of nitrogens with zero attached hydrogens (tertiary/aromatic N) is 2. The van der Waals surface area contributed by atoms with Crippen LogP contribution >= 0.6 is 11.6 Å². The van der Waals surface area contributed by atoms with Crippen molar-refractivity contribution in [2.24, 2.45) is 5.73 Å². The lowest BCUT2D eigenvalue weighted by molar-refractivity contribution is -0.384. The summed E-state index contributed by atoms with van der Waals surface area (Å²) in [6.07, 6.45) is 0. The minimum Gasteiger partial charge on any atom is -0.366 e. The molecule has 0 aromatic heterocycles. The van der Waals surface area contributed by atoms with E-state index in [1.165, 1.54) is 18.2 Å². The van der Waals surface area contributed by atoms with E-state index in [0.29, 0.717) is 17.3 Å². The van der Waals surface area contributed by atoms with Crippen molar-refractivity contribution in [1.29, 1.82) is 0 Å². The van der Waals surface area contributed by atoms with Gasteiger partial charge in [0.1, 0.15) is 5.69 Å². The average Bonchev–Trinajstić information content (AvgIpc) is 2.46. The van der Waals surface area contributed by atoms with Gasteiger partial charge in [0.25, 0.3) is 5.69 Å². The zero-order valence-corrected chi connectivity index (χ0v) is 12.6. The Balaban J connectivity index is 2.34. The number of nitro benzene ring substituents is 1. The van der Waals surface area contributed by atoms with E-state index in [2.05, 4.69) is 0 Å². The molecule has 2 rings (SSSR count). The van der Waals surface area contributed by atoms with Gasteiger partial charge in [-0.25, -0.2) is 0 Å². The largest absolute Gasteiger partial charge is 0.366 e. The quantitative estimate of drug-likeness (QED) is 0.677. The fraction of sp³-hybridized carbons (Fsp3) is 0.133. The van der Waals surface area contributed by atoms with Crippen molar-refractivity contribution in [3.05, 3.63) is 68.7 Å². The van der Waals surface area contributed by atoms with Crippen LogP contribution in [0.3, 0.4) is 0 Å². The Hall–Kier alpha value is -2.60. The van der Waals surface area contributed by atoms with Crippen molar-refractivity contribution in [2.75, 3.05) is 11.9 Å². The molecule has 2 N–H and O–H groups in total. The van der Waals surface area contributed by atoms with E-state index < -0.39 is 10.8 Å². The maximum atomic E-state index is 11.2. The SMILES string of the molecule is CN(Cc1cccc(Cl)c1)c1ccc(C(N)=O)cc1[N+](=O)[O-]. The fourth-order valence-corrected chi connectivity index (χ4v) is 2.35. The molecule has 0 heterocycles. The predicted molar refractivity (Wildman–Crippen MR) is 85.2 cm³/mol. The predicted octanol–water partition coefficient (Wildman–Crippen LogP) is 2.98. The second-order valence-electron chi connectivity index (χ2n) is 4.81. The molecule has 0 aliphatic carbocycles. The Morgan fingerprint density at radius 1 is 1.32 bits per heavy atom. The van der Waals surface area contributed by atoms with Crippen LogP contribution in [0.5, 0.6) is 0 Å². The summed E-state index contributed by atoms with van der Waals surface area (Å²) in [6, 6.07) is 11.4. The lowest BCUT2D eigenvalue weighted by Crippen LogP contribution is -2.18. The van der Waals surface area contributed by atoms with Gasteiger partial charge in [-0.2, -0.15) is 0 Å². The van der Waals surface area contributed by atoms with E-state index in [9.17, 15) is 14.9 Å². The Bertz CT molecular complexity index is 734. The minimum absolute atomic E-state index is 0.103. The molecule has 1 amide bonds. The highest BCUT2D eigenvalue weighted by atomic mass is 35.5. The molecule has 0 saturated heterocycles. The van der Waals surface area contributed by atoms with Gasteiger partial charge in [-0.1, -0.05) is 23.7 Å². The molecule has 7 heteroatoms. The molecular weight excluding hydrogens is 306 g/mol. The van der Waals surface area contributed by atoms with Crippen LogP contribution in [0.2, 0.25) is 5.02 Å². The van der Waals surface area contributed by atoms with Crippen molar-refractivity contribution in [3.63, 3.8) is 0 Å². The van der Waals surface area contributed by atoms with Crippen LogP contribution < -0.4 is 10.6 Å². The van der Waals surface area contributed by atoms with Crippen LogP contribution in [0.15, 0.2) is 42.5 Å². The number of carbonyl (C=O) groups excluding carboxylic acids is 1. The monoisotopic (exact) mass is 319 g/mol. The second-order valence-corrected chi connectivity index (χ2v) is 5.25. The van der Waals surface area contributed by atoms with Crippen LogP contribution in [0.1, 0.15) is 15.9 Å². The summed E-state index contributed by atoms with van der Waals surface area (Å²) < 4.78 is 0. The summed E-state index contributed by atoms with van der Waals surface area (Å²) in [7, 11) is 1.73. The molecular formula is C15H14ClN3O3. The zero-order chi connectivity index (χ0) is 16.3. The van der Waals surface area contributed by atoms with E-state index in [0.717, 1.165) is 5.56 Å². The van der Waals surface area contributed by atoms with Crippen molar-refractivity contribution >= 4 is 28.9 Å². The molecule has 0 saturated carbocycles. The topological polar surface area (TPSA) is 89.5 Å². The number of nitrogens with two attached hydrogens (primary N) is 1. The zero-order valence-electron chi connectivity index (χ0n) is 11.8. The maximum Gasteiger partial charge on any atom is 0.293 e. The Kier molecular flexibility index (Phi) is 4.62. The third-order valence-electron chi connectivity index (χ3n) is 3.18. The summed E-state index contributed by atoms with van der Waals surface area (Å²) >= 11 is 5.93. The smallest absolute Gasteiger partial charge is 0.293 e. The van der Waals surface area contributed by atoms with Gasteiger partial charge in [0.2, 0.25) is 5.91 Å². The van der Waals surface area contributed by atoms with Gasteiger partial charge in [-0.05, 0) is 29.8 Å². The number of amides is 1. The van der Waals surface area contributed by atoms with Gasteiger partial charge < -0.3 is 10.6 Å². The molecule has 114 valence electrons. The van der Waals surface area contributed by atoms with Crippen molar-refractivity contribution in [2.45, 2.75) is 6.54 Å². The summed E-state index contributed by atoms with van der Waals surface area (Å²) in [5.41, 5.74) is 6.41. The van der Waals surface area contributed by atoms with Crippen molar-refractivity contribution in [3.8, 4) is 0 Å². The van der Waals surface area contributed by atoms with Crippen molar-refractivity contribution < 1.29 is 9.72 Å². The van der Waals surface area contributed by atoms with Crippen LogP contribution in [-0.2, 0) is 6.54 Å². The number of benzene rings is 2. The van der Waals surface area contributed by atoms with Crippen LogP contribution in [0.4, 0.5) is 11.4 Å². The molecule has 0 fully saturated rings. The minimum atomic E-state index is -0.702. The van der Waals surface area contributed by atoms with Crippen molar-refractivity contribution in [1.82, 2.24) is 0 Å². The number of nitro groups is 1. The maximum absolute atomic E-state index is 11.2. The molecule has 22 heavy (non-hydrogen) atoms. The fourth-order valence-electron chi connectivity index (χ4n) is 2.14. The molecule has 6 nitrogen and oxygen atoms in total. The lowest BCUT2D eigenvalue weighted by atomic mass is 10.1. The highest BCUT2D eigenvalue weighted by Gasteiger charge is 2.19. The Labute approximate surface area is 132 Å². The summed E-state index contributed by atoms with van der Waals surface area (Å²) in [6.45, 7) is 0.442. The first-order chi connectivity index (χ1) is 10.4. The molecule has 0 radical (unpaired) electrons. The first-order valence-electron chi connectivity index (χ1n) is 6.42. The average molecular weight is 320 g/mol. The molecule has 0 unspecified atom stereocenters. The summed E-state index contributed by atoms with van der Waals surface area (Å²) in [5, 5.41) is 11.8. The summed E-state index contributed by atoms with van der Waals surface area (Å²) in [4.78, 5) is 23.6. The molecule has 0 aliphatic rings. The molecule has 2 aromatic carbocycles. The highest BCUT2D eigenvalue weighted by Crippen LogP contribution is 2.29. The van der Waals surface area contributed by atoms with Gasteiger partial charge >= 0.3 is 0 Å². The number of hydrogen-bond donors (Lipinski definition) is 1. The normalized spacial score (nSPS) is 10.3. The first kappa shape index (κ1) is 15.8. The van der Waals surface area contributed by atoms with E-state index >= 15 is 0 Å². The molecule has 2 aromatic rings. The Morgan fingerprint density at radius 2 is 2.05 bits per heavy atom. The van der Waals surface area contributed by atoms with E-state index in [1.807, 2.05) is 12.1 Å². The molecule has 0 bridgehead atoms. The van der Waals surface area contributed by atoms with Crippen LogP contribution in [-0.4, -0.2) is 17.9 Å². The molecule has 0 spiro atoms. The number of hydrogen-bond acceptors (Lipinski definition) is 4. The van der Waals surface area contributed by atoms with Gasteiger partial charge in [0, 0.05) is 30.2 Å². The van der Waals surface area contributed by atoms with E-state index in [1.54, 1.807) is 24.1 Å². The number of anilines is 1. The van der Waals surface area contributed by atoms with Gasteiger partial charge in [0.05, 0.1) is 4.92 Å². The number of primary amides is 1. The number of halogens is 1. The van der Waals surface area contributed by atoms with E-state index in [4.69, 9.17) is 17.3 Å². The second kappa shape index (κ2) is 6.44. The summed E-state index contributed by atoms with van der Waals surface area (Å²) in [5.74, 6) is -0.702. The van der Waals surface area contributed by atoms with Gasteiger partial charge in [-0.3, -0.25) is 14.9 Å². The Morgan fingerprint density at radius 3 is 2.64 bits per heavy atom. The third-order valence-corrected chi connectivity index (χ3v) is 3.41. The third kappa shape index (κ3) is 3.53. The van der Waals surface area contributed by atoms with Gasteiger partial charge in [-0.15, -0.1) is 0 Å². The highest BCUT2D eigenvalue weighted by molar-refractivity contribution is 6.30. The molecule has 0 atom stereocenters. The first-order valence-corrected chi connectivity index (χ1v) is 6.80. The number of carbonyl (C=O) groups is 1. The number of rotatable bonds is 5. The standard InChI is InChI=1S/C15H14ClN3O3/c1-18(9-10-3-2-4-12(16)7-10)13-6-5-11(15(17)20)8-14(13)19(21)22/h2-8H,9H2,1H3,(H2,17,20).